The van der Waals surface area contributed by atoms with E-state index in [2.05, 4.69) is 10.6 Å². The molecule has 2 aliphatic rings. The lowest BCUT2D eigenvalue weighted by Crippen LogP contribution is -2.86. The van der Waals surface area contributed by atoms with Crippen molar-refractivity contribution < 1.29 is 29.0 Å². The molecule has 2 aromatic carbocycles. The molecule has 12 heteroatoms. The maximum Gasteiger partial charge on any atom is 0.242 e. The minimum Gasteiger partial charge on any atom is -0.487 e. The fourth-order valence-electron chi connectivity index (χ4n) is 4.41. The van der Waals surface area contributed by atoms with Gasteiger partial charge in [-0.3, -0.25) is 5.32 Å². The van der Waals surface area contributed by atoms with Crippen molar-refractivity contribution >= 4 is 40.9 Å². The van der Waals surface area contributed by atoms with E-state index in [4.69, 9.17) is 44.8 Å². The minimum atomic E-state index is -0.0840. The number of fused-ring (bicyclic) bond motifs is 1. The van der Waals surface area contributed by atoms with E-state index in [1.54, 1.807) is 6.07 Å². The van der Waals surface area contributed by atoms with E-state index in [1.807, 2.05) is 41.7 Å². The summed E-state index contributed by atoms with van der Waals surface area (Å²) in [7, 11) is 0. The van der Waals surface area contributed by atoms with Crippen LogP contribution in [0.25, 0.3) is 0 Å². The largest absolute Gasteiger partial charge is 0.487 e. The molecular formula is C28H36N7O5+. The second-order valence-electron chi connectivity index (χ2n) is 9.33. The number of hydrogen-bond donors (Lipinski definition) is 5. The summed E-state index contributed by atoms with van der Waals surface area (Å²) in [6.07, 6.45) is 4.19. The second kappa shape index (κ2) is 13.9. The zero-order chi connectivity index (χ0) is 27.6. The minimum absolute atomic E-state index is 0.0840. The molecule has 0 radical (unpaired) electrons. The Hall–Kier alpha value is -3.97. The Bertz CT molecular complexity index is 1290. The van der Waals surface area contributed by atoms with Gasteiger partial charge in [-0.25, -0.2) is 0 Å². The predicted octanol–water partition coefficient (Wildman–Crippen LogP) is 3.07. The van der Waals surface area contributed by atoms with E-state index >= 15 is 0 Å². The average Bonchev–Trinajstić information content (AvgIpc) is 2.96. The highest BCUT2D eigenvalue weighted by atomic mass is 16.6. The van der Waals surface area contributed by atoms with Crippen molar-refractivity contribution in [2.24, 2.45) is 0 Å². The van der Waals surface area contributed by atoms with Gasteiger partial charge in [-0.2, -0.15) is 9.97 Å². The number of anilines is 5. The molecular weight excluding hydrogens is 514 g/mol. The summed E-state index contributed by atoms with van der Waals surface area (Å²) in [6, 6.07) is 13.0. The van der Waals surface area contributed by atoms with Crippen LogP contribution in [0.3, 0.4) is 0 Å². The summed E-state index contributed by atoms with van der Waals surface area (Å²) in [5.74, 6) is 2.58. The summed E-state index contributed by atoms with van der Waals surface area (Å²) in [4.78, 5) is 9.48. The van der Waals surface area contributed by atoms with E-state index in [0.29, 0.717) is 98.0 Å². The Labute approximate surface area is 233 Å². The molecule has 40 heavy (non-hydrogen) atoms. The molecule has 0 bridgehead atoms. The SMILES string of the molecule is N=Cc1c(Nc2ccccc2N)nc(Nc2ccc3c(c2)OCCOCCOCCO3)nc1[NH2+]C1CCCCO1. The smallest absolute Gasteiger partial charge is 0.242 e. The summed E-state index contributed by atoms with van der Waals surface area (Å²) in [5, 5.41) is 16.7. The number of ether oxygens (including phenoxy) is 5. The first-order valence-corrected chi connectivity index (χ1v) is 13.5. The van der Waals surface area contributed by atoms with Gasteiger partial charge in [0.05, 0.1) is 44.4 Å². The molecule has 1 fully saturated rings. The lowest BCUT2D eigenvalue weighted by molar-refractivity contribution is -0.663. The first-order valence-electron chi connectivity index (χ1n) is 13.5. The van der Waals surface area contributed by atoms with Crippen LogP contribution in [-0.4, -0.2) is 68.7 Å². The zero-order valence-corrected chi connectivity index (χ0v) is 22.4. The van der Waals surface area contributed by atoms with Gasteiger partial charge in [0.15, 0.2) is 23.5 Å². The number of nitrogen functional groups attached to an aromatic ring is 1. The number of quaternary nitrogens is 1. The van der Waals surface area contributed by atoms with E-state index in [0.717, 1.165) is 19.3 Å². The van der Waals surface area contributed by atoms with Gasteiger partial charge in [0, 0.05) is 24.4 Å². The molecule has 0 saturated carbocycles. The number of hydrogen-bond acceptors (Lipinski definition) is 11. The molecule has 5 rings (SSSR count). The molecule has 1 unspecified atom stereocenters. The molecule has 212 valence electrons. The van der Waals surface area contributed by atoms with Crippen LogP contribution < -0.4 is 31.2 Å². The van der Waals surface area contributed by atoms with Crippen molar-refractivity contribution in [3.05, 3.63) is 48.0 Å². The van der Waals surface area contributed by atoms with Gasteiger partial charge in [0.25, 0.3) is 0 Å². The van der Waals surface area contributed by atoms with Crippen LogP contribution in [0.5, 0.6) is 11.5 Å². The van der Waals surface area contributed by atoms with E-state index in [1.165, 1.54) is 6.21 Å². The van der Waals surface area contributed by atoms with Gasteiger partial charge >= 0.3 is 0 Å². The molecule has 7 N–H and O–H groups in total. The molecule has 1 saturated heterocycles. The standard InChI is InChI=1S/C28H35N7O5/c29-18-20-26(32-22-6-2-1-5-21(22)30)34-28(35-27(20)33-25-7-3-4-10-40-25)31-19-8-9-23-24(17-19)39-16-14-37-12-11-36-13-15-38-23/h1-2,5-6,8-9,17-18,25,29H,3-4,7,10-16,30H2,(H3,31,32,33,34,35)/p+1. The number of aromatic nitrogens is 2. The molecule has 12 nitrogen and oxygen atoms in total. The van der Waals surface area contributed by atoms with Crippen LogP contribution in [0.15, 0.2) is 42.5 Å². The topological polar surface area (TPSA) is 162 Å². The van der Waals surface area contributed by atoms with Gasteiger partial charge in [0.1, 0.15) is 18.8 Å². The summed E-state index contributed by atoms with van der Waals surface area (Å²) in [6.45, 7) is 3.41. The molecule has 0 aliphatic carbocycles. The highest BCUT2D eigenvalue weighted by Crippen LogP contribution is 2.33. The van der Waals surface area contributed by atoms with E-state index < -0.39 is 0 Å². The van der Waals surface area contributed by atoms with Crippen LogP contribution in [0.2, 0.25) is 0 Å². The van der Waals surface area contributed by atoms with Gasteiger partial charge in [-0.05, 0) is 37.1 Å². The Morgan fingerprint density at radius 1 is 0.875 bits per heavy atom. The second-order valence-corrected chi connectivity index (χ2v) is 9.33. The number of nitrogens with two attached hydrogens (primary N) is 2. The summed E-state index contributed by atoms with van der Waals surface area (Å²) in [5.41, 5.74) is 8.69. The third-order valence-corrected chi connectivity index (χ3v) is 6.43. The Morgan fingerprint density at radius 2 is 1.65 bits per heavy atom. The summed E-state index contributed by atoms with van der Waals surface area (Å²) >= 11 is 0. The zero-order valence-electron chi connectivity index (χ0n) is 22.4. The van der Waals surface area contributed by atoms with Crippen LogP contribution >= 0.6 is 0 Å². The fraction of sp³-hybridized carbons (Fsp3) is 0.393. The van der Waals surface area contributed by atoms with Crippen LogP contribution in [0.1, 0.15) is 24.8 Å². The third kappa shape index (κ3) is 7.36. The van der Waals surface area contributed by atoms with Gasteiger partial charge in [-0.1, -0.05) is 12.1 Å². The highest BCUT2D eigenvalue weighted by molar-refractivity contribution is 5.91. The Kier molecular flexibility index (Phi) is 9.59. The van der Waals surface area contributed by atoms with Crippen LogP contribution in [0.4, 0.5) is 34.6 Å². The van der Waals surface area contributed by atoms with Crippen molar-refractivity contribution in [2.45, 2.75) is 25.5 Å². The van der Waals surface area contributed by atoms with Crippen molar-refractivity contribution in [2.75, 3.05) is 62.6 Å². The van der Waals surface area contributed by atoms with E-state index in [9.17, 15) is 0 Å². The number of para-hydroxylation sites is 2. The van der Waals surface area contributed by atoms with Gasteiger partial charge in [0.2, 0.25) is 11.8 Å². The summed E-state index contributed by atoms with van der Waals surface area (Å²) < 4.78 is 28.8. The number of benzene rings is 2. The monoisotopic (exact) mass is 550 g/mol. The maximum atomic E-state index is 8.15. The van der Waals surface area contributed by atoms with Crippen molar-refractivity contribution in [1.82, 2.24) is 9.97 Å². The molecule has 1 atom stereocenters. The van der Waals surface area contributed by atoms with Crippen molar-refractivity contribution in [3.8, 4) is 11.5 Å². The molecule has 1 aromatic heterocycles. The molecule has 0 amide bonds. The van der Waals surface area contributed by atoms with Crippen molar-refractivity contribution in [3.63, 3.8) is 0 Å². The normalized spacial score (nSPS) is 18.1. The van der Waals surface area contributed by atoms with E-state index in [-0.39, 0.29) is 6.23 Å². The number of nitrogens with zero attached hydrogens (tertiary/aromatic N) is 2. The third-order valence-electron chi connectivity index (χ3n) is 6.43. The first-order chi connectivity index (χ1) is 19.7. The molecule has 0 spiro atoms. The highest BCUT2D eigenvalue weighted by Gasteiger charge is 2.24. The van der Waals surface area contributed by atoms with Crippen LogP contribution in [0, 0.1) is 5.41 Å². The molecule has 3 heterocycles. The number of rotatable bonds is 7. The molecule has 3 aromatic rings. The lowest BCUT2D eigenvalue weighted by Gasteiger charge is -2.21. The lowest BCUT2D eigenvalue weighted by atomic mass is 10.2. The van der Waals surface area contributed by atoms with Crippen molar-refractivity contribution in [1.29, 1.82) is 5.41 Å². The quantitative estimate of drug-likeness (QED) is 0.218. The van der Waals surface area contributed by atoms with Gasteiger partial charge < -0.3 is 45.5 Å². The first kappa shape index (κ1) is 27.6. The number of nitrogens with one attached hydrogen (secondary N) is 3. The van der Waals surface area contributed by atoms with Crippen LogP contribution in [-0.2, 0) is 14.2 Å². The van der Waals surface area contributed by atoms with Gasteiger partial charge in [-0.15, -0.1) is 0 Å². The Balaban J connectivity index is 1.44. The average molecular weight is 551 g/mol. The fourth-order valence-corrected chi connectivity index (χ4v) is 4.41. The molecule has 2 aliphatic heterocycles. The predicted molar refractivity (Wildman–Crippen MR) is 152 cm³/mol. The maximum absolute atomic E-state index is 8.15. The Morgan fingerprint density at radius 3 is 2.40 bits per heavy atom.